The molecule has 2 N–H and O–H groups in total. The molecule has 134 valence electrons. The first-order chi connectivity index (χ1) is 12.0. The van der Waals surface area contributed by atoms with Gasteiger partial charge in [0.15, 0.2) is 0 Å². The van der Waals surface area contributed by atoms with E-state index in [1.54, 1.807) is 31.4 Å². The zero-order valence-electron chi connectivity index (χ0n) is 14.5. The van der Waals surface area contributed by atoms with Gasteiger partial charge >= 0.3 is 0 Å². The van der Waals surface area contributed by atoms with Crippen LogP contribution in [0.1, 0.15) is 41.5 Å². The van der Waals surface area contributed by atoms with E-state index in [0.717, 1.165) is 6.42 Å². The molecule has 2 aromatic rings. The lowest BCUT2D eigenvalue weighted by Gasteiger charge is -2.10. The van der Waals surface area contributed by atoms with E-state index in [0.29, 0.717) is 29.3 Å². The monoisotopic (exact) mass is 362 g/mol. The molecule has 0 aliphatic heterocycles. The predicted octanol–water partition coefficient (Wildman–Crippen LogP) is 2.65. The molecular formula is C17H22N4O3S. The molecule has 0 spiro atoms. The molecule has 1 aromatic heterocycles. The van der Waals surface area contributed by atoms with Crippen LogP contribution in [0.4, 0.5) is 5.69 Å². The number of carbonyl (C=O) groups is 2. The molecule has 2 rings (SSSR count). The Kier molecular flexibility index (Phi) is 6.88. The summed E-state index contributed by atoms with van der Waals surface area (Å²) in [5.74, 6) is 0.374. The Hall–Kier alpha value is -2.48. The Balaban J connectivity index is 1.86. The van der Waals surface area contributed by atoms with E-state index in [1.165, 1.54) is 11.3 Å². The van der Waals surface area contributed by atoms with Gasteiger partial charge in [-0.3, -0.25) is 9.59 Å². The maximum atomic E-state index is 12.2. The Labute approximate surface area is 150 Å². The van der Waals surface area contributed by atoms with Gasteiger partial charge in [-0.25, -0.2) is 0 Å². The SMILES string of the molecule is CC[C@H](C)NC(=O)CCc1nnc(C(=O)Nc2ccc(OC)cc2)s1. The maximum absolute atomic E-state index is 12.2. The van der Waals surface area contributed by atoms with Gasteiger partial charge in [0.25, 0.3) is 5.91 Å². The van der Waals surface area contributed by atoms with Crippen molar-refractivity contribution in [2.75, 3.05) is 12.4 Å². The lowest BCUT2D eigenvalue weighted by atomic mass is 10.2. The molecular weight excluding hydrogens is 340 g/mol. The summed E-state index contributed by atoms with van der Waals surface area (Å²) in [6, 6.07) is 7.18. The lowest BCUT2D eigenvalue weighted by molar-refractivity contribution is -0.121. The Morgan fingerprint density at radius 1 is 1.24 bits per heavy atom. The molecule has 0 unspecified atom stereocenters. The topological polar surface area (TPSA) is 93.2 Å². The number of nitrogens with zero attached hydrogens (tertiary/aromatic N) is 2. The number of hydrogen-bond acceptors (Lipinski definition) is 6. The highest BCUT2D eigenvalue weighted by Crippen LogP contribution is 2.17. The second-order valence-corrected chi connectivity index (χ2v) is 6.62. The van der Waals surface area contributed by atoms with Gasteiger partial charge in [0.05, 0.1) is 7.11 Å². The summed E-state index contributed by atoms with van der Waals surface area (Å²) in [7, 11) is 1.58. The first kappa shape index (κ1) is 18.9. The van der Waals surface area contributed by atoms with Crippen LogP contribution in [0.2, 0.25) is 0 Å². The minimum atomic E-state index is -0.321. The summed E-state index contributed by atoms with van der Waals surface area (Å²) < 4.78 is 5.07. The largest absolute Gasteiger partial charge is 0.497 e. The molecule has 0 radical (unpaired) electrons. The van der Waals surface area contributed by atoms with Crippen molar-refractivity contribution in [1.29, 1.82) is 0 Å². The zero-order chi connectivity index (χ0) is 18.2. The number of benzene rings is 1. The van der Waals surface area contributed by atoms with E-state index in [1.807, 2.05) is 13.8 Å². The normalized spacial score (nSPS) is 11.6. The minimum absolute atomic E-state index is 0.0196. The van der Waals surface area contributed by atoms with Crippen molar-refractivity contribution in [1.82, 2.24) is 15.5 Å². The molecule has 0 bridgehead atoms. The summed E-state index contributed by atoms with van der Waals surface area (Å²) in [6.45, 7) is 3.98. The highest BCUT2D eigenvalue weighted by molar-refractivity contribution is 7.13. The maximum Gasteiger partial charge on any atom is 0.286 e. The average Bonchev–Trinajstić information content (AvgIpc) is 3.09. The van der Waals surface area contributed by atoms with E-state index in [-0.39, 0.29) is 22.9 Å². The van der Waals surface area contributed by atoms with E-state index >= 15 is 0 Å². The Morgan fingerprint density at radius 3 is 2.60 bits per heavy atom. The smallest absolute Gasteiger partial charge is 0.286 e. The van der Waals surface area contributed by atoms with Gasteiger partial charge in [0.2, 0.25) is 10.9 Å². The fraction of sp³-hybridized carbons (Fsp3) is 0.412. The molecule has 1 atom stereocenters. The third kappa shape index (κ3) is 5.82. The molecule has 25 heavy (non-hydrogen) atoms. The highest BCUT2D eigenvalue weighted by atomic mass is 32.1. The molecule has 0 saturated heterocycles. The molecule has 7 nitrogen and oxygen atoms in total. The Morgan fingerprint density at radius 2 is 1.96 bits per heavy atom. The van der Waals surface area contributed by atoms with Crippen LogP contribution in [0.5, 0.6) is 5.75 Å². The summed E-state index contributed by atoms with van der Waals surface area (Å²) in [4.78, 5) is 24.0. The quantitative estimate of drug-likeness (QED) is 0.753. The average molecular weight is 362 g/mol. The second-order valence-electron chi connectivity index (χ2n) is 5.56. The third-order valence-corrected chi connectivity index (χ3v) is 4.58. The number of methoxy groups -OCH3 is 1. The first-order valence-corrected chi connectivity index (χ1v) is 8.90. The number of hydrogen-bond donors (Lipinski definition) is 2. The molecule has 0 aliphatic carbocycles. The van der Waals surface area contributed by atoms with Crippen LogP contribution < -0.4 is 15.4 Å². The van der Waals surface area contributed by atoms with Crippen molar-refractivity contribution in [3.05, 3.63) is 34.3 Å². The van der Waals surface area contributed by atoms with Crippen LogP contribution in [0.15, 0.2) is 24.3 Å². The number of aromatic nitrogens is 2. The van der Waals surface area contributed by atoms with Crippen molar-refractivity contribution in [3.63, 3.8) is 0 Å². The van der Waals surface area contributed by atoms with Crippen molar-refractivity contribution in [3.8, 4) is 5.75 Å². The molecule has 1 aromatic carbocycles. The van der Waals surface area contributed by atoms with E-state index in [4.69, 9.17) is 4.74 Å². The fourth-order valence-corrected chi connectivity index (χ4v) is 2.71. The van der Waals surface area contributed by atoms with Crippen LogP contribution in [0.3, 0.4) is 0 Å². The molecule has 1 heterocycles. The molecule has 8 heteroatoms. The van der Waals surface area contributed by atoms with Crippen LogP contribution in [0.25, 0.3) is 0 Å². The van der Waals surface area contributed by atoms with Crippen molar-refractivity contribution in [2.24, 2.45) is 0 Å². The summed E-state index contributed by atoms with van der Waals surface area (Å²) in [5, 5.41) is 14.5. The van der Waals surface area contributed by atoms with Gasteiger partial charge in [-0.1, -0.05) is 18.3 Å². The number of anilines is 1. The van der Waals surface area contributed by atoms with E-state index in [9.17, 15) is 9.59 Å². The van der Waals surface area contributed by atoms with Crippen LogP contribution in [-0.2, 0) is 11.2 Å². The van der Waals surface area contributed by atoms with Crippen LogP contribution >= 0.6 is 11.3 Å². The van der Waals surface area contributed by atoms with Crippen molar-refractivity contribution in [2.45, 2.75) is 39.2 Å². The lowest BCUT2D eigenvalue weighted by Crippen LogP contribution is -2.31. The summed E-state index contributed by atoms with van der Waals surface area (Å²) >= 11 is 1.20. The zero-order valence-corrected chi connectivity index (χ0v) is 15.4. The number of ether oxygens (including phenoxy) is 1. The number of nitrogens with one attached hydrogen (secondary N) is 2. The standard InChI is InChI=1S/C17H22N4O3S/c1-4-11(2)18-14(22)9-10-15-20-21-17(25-15)16(23)19-12-5-7-13(24-3)8-6-12/h5-8,11H,4,9-10H2,1-3H3,(H,18,22)(H,19,23)/t11-/m0/s1. The summed E-state index contributed by atoms with van der Waals surface area (Å²) in [6.07, 6.45) is 1.69. The van der Waals surface area contributed by atoms with Crippen molar-refractivity contribution < 1.29 is 14.3 Å². The number of amides is 2. The van der Waals surface area contributed by atoms with Gasteiger partial charge < -0.3 is 15.4 Å². The number of carbonyl (C=O) groups excluding carboxylic acids is 2. The van der Waals surface area contributed by atoms with Crippen molar-refractivity contribution >= 4 is 28.8 Å². The van der Waals surface area contributed by atoms with Gasteiger partial charge in [0, 0.05) is 24.6 Å². The molecule has 0 fully saturated rings. The molecule has 2 amide bonds. The fourth-order valence-electron chi connectivity index (χ4n) is 1.97. The van der Waals surface area contributed by atoms with Gasteiger partial charge in [-0.2, -0.15) is 0 Å². The number of rotatable bonds is 8. The third-order valence-electron chi connectivity index (χ3n) is 3.59. The number of aryl methyl sites for hydroxylation is 1. The predicted molar refractivity (Wildman–Crippen MR) is 97.1 cm³/mol. The molecule has 0 aliphatic rings. The van der Waals surface area contributed by atoms with E-state index in [2.05, 4.69) is 20.8 Å². The van der Waals surface area contributed by atoms with E-state index < -0.39 is 0 Å². The van der Waals surface area contributed by atoms with Crippen LogP contribution in [-0.4, -0.2) is 35.2 Å². The first-order valence-electron chi connectivity index (χ1n) is 8.09. The highest BCUT2D eigenvalue weighted by Gasteiger charge is 2.14. The second kappa shape index (κ2) is 9.12. The van der Waals surface area contributed by atoms with Gasteiger partial charge in [0.1, 0.15) is 10.8 Å². The minimum Gasteiger partial charge on any atom is -0.497 e. The van der Waals surface area contributed by atoms with Gasteiger partial charge in [-0.15, -0.1) is 10.2 Å². The molecule has 0 saturated carbocycles. The van der Waals surface area contributed by atoms with Gasteiger partial charge in [-0.05, 0) is 37.6 Å². The van der Waals surface area contributed by atoms with Crippen LogP contribution in [0, 0.1) is 0 Å². The summed E-state index contributed by atoms with van der Waals surface area (Å²) in [5.41, 5.74) is 0.649. The Bertz CT molecular complexity index is 715.